The van der Waals surface area contributed by atoms with Crippen LogP contribution in [-0.4, -0.2) is 35.8 Å². The molecule has 0 aliphatic heterocycles. The van der Waals surface area contributed by atoms with E-state index >= 15 is 0 Å². The summed E-state index contributed by atoms with van der Waals surface area (Å²) in [7, 11) is 0. The predicted octanol–water partition coefficient (Wildman–Crippen LogP) is 2.28. The molecule has 1 aromatic carbocycles. The fraction of sp³-hybridized carbons (Fsp3) is 0.556. The zero-order chi connectivity index (χ0) is 18.3. The monoisotopic (exact) mass is 333 g/mol. The number of para-hydroxylation sites is 1. The molecule has 1 atom stereocenters. The van der Waals surface area contributed by atoms with Crippen molar-refractivity contribution in [2.24, 2.45) is 5.92 Å². The van der Waals surface area contributed by atoms with Crippen LogP contribution in [-0.2, 0) is 4.79 Å². The second-order valence-electron chi connectivity index (χ2n) is 7.03. The van der Waals surface area contributed by atoms with Crippen molar-refractivity contribution in [1.29, 1.82) is 5.26 Å². The summed E-state index contributed by atoms with van der Waals surface area (Å²) in [5.74, 6) is -0.0705. The number of rotatable bonds is 7. The lowest BCUT2D eigenvalue weighted by atomic mass is 10.1. The van der Waals surface area contributed by atoms with Gasteiger partial charge in [0.2, 0.25) is 5.91 Å². The largest absolute Gasteiger partial charge is 0.487 e. The van der Waals surface area contributed by atoms with Crippen LogP contribution in [0.5, 0.6) is 5.75 Å². The average Bonchev–Trinajstić information content (AvgIpc) is 2.50. The molecule has 132 valence electrons. The number of nitrogens with one attached hydrogen (secondary N) is 2. The van der Waals surface area contributed by atoms with Gasteiger partial charge >= 0.3 is 0 Å². The van der Waals surface area contributed by atoms with E-state index in [0.29, 0.717) is 17.8 Å². The molecule has 0 radical (unpaired) electrons. The Hall–Kier alpha value is -2.10. The molecule has 3 N–H and O–H groups in total. The van der Waals surface area contributed by atoms with Crippen LogP contribution >= 0.6 is 0 Å². The van der Waals surface area contributed by atoms with E-state index in [0.717, 1.165) is 0 Å². The molecule has 0 aliphatic rings. The Morgan fingerprint density at radius 1 is 1.38 bits per heavy atom. The van der Waals surface area contributed by atoms with Crippen LogP contribution in [0.3, 0.4) is 0 Å². The number of anilines is 1. The molecule has 1 rings (SSSR count). The Morgan fingerprint density at radius 3 is 2.58 bits per heavy atom. The van der Waals surface area contributed by atoms with Crippen LogP contribution in [0, 0.1) is 17.2 Å². The Labute approximate surface area is 143 Å². The number of hydrogen-bond acceptors (Lipinski definition) is 5. The van der Waals surface area contributed by atoms with Gasteiger partial charge < -0.3 is 20.5 Å². The molecular weight excluding hydrogens is 306 g/mol. The third-order valence-corrected chi connectivity index (χ3v) is 3.21. The van der Waals surface area contributed by atoms with Crippen LogP contribution in [0.15, 0.2) is 18.2 Å². The highest BCUT2D eigenvalue weighted by atomic mass is 16.5. The van der Waals surface area contributed by atoms with Gasteiger partial charge in [-0.15, -0.1) is 0 Å². The first kappa shape index (κ1) is 19.9. The highest BCUT2D eigenvalue weighted by Gasteiger charge is 2.17. The van der Waals surface area contributed by atoms with Crippen molar-refractivity contribution in [3.05, 3.63) is 23.8 Å². The molecule has 1 aromatic rings. The summed E-state index contributed by atoms with van der Waals surface area (Å²) in [6.07, 6.45) is -0.732. The van der Waals surface area contributed by atoms with Crippen LogP contribution in [0.2, 0.25) is 0 Å². The van der Waals surface area contributed by atoms with E-state index in [-0.39, 0.29) is 29.7 Å². The van der Waals surface area contributed by atoms with Gasteiger partial charge in [-0.3, -0.25) is 4.79 Å². The topological polar surface area (TPSA) is 94.4 Å². The number of benzene rings is 1. The number of amides is 1. The molecule has 0 fully saturated rings. The highest BCUT2D eigenvalue weighted by Crippen LogP contribution is 2.29. The number of aliphatic hydroxyl groups excluding tert-OH is 1. The SMILES string of the molecule is CC(C)C(=O)Nc1cccc(C#N)c1OCC(O)CNC(C)(C)C. The third kappa shape index (κ3) is 6.57. The summed E-state index contributed by atoms with van der Waals surface area (Å²) in [5.41, 5.74) is 0.637. The maximum absolute atomic E-state index is 11.9. The van der Waals surface area contributed by atoms with E-state index in [9.17, 15) is 15.2 Å². The number of carbonyl (C=O) groups excluding carboxylic acids is 1. The quantitative estimate of drug-likeness (QED) is 0.711. The van der Waals surface area contributed by atoms with E-state index in [1.807, 2.05) is 26.8 Å². The van der Waals surface area contributed by atoms with Crippen LogP contribution in [0.4, 0.5) is 5.69 Å². The standard InChI is InChI=1S/C18H27N3O3/c1-12(2)17(23)21-15-8-6-7-13(9-19)16(15)24-11-14(22)10-20-18(3,4)5/h6-8,12,14,20,22H,10-11H2,1-5H3,(H,21,23). The number of carbonyl (C=O) groups is 1. The second-order valence-corrected chi connectivity index (χ2v) is 7.03. The minimum atomic E-state index is -0.732. The molecule has 6 nitrogen and oxygen atoms in total. The van der Waals surface area contributed by atoms with Gasteiger partial charge in [0, 0.05) is 18.0 Å². The fourth-order valence-corrected chi connectivity index (χ4v) is 1.82. The maximum Gasteiger partial charge on any atom is 0.227 e. The van der Waals surface area contributed by atoms with Crippen LogP contribution in [0.1, 0.15) is 40.2 Å². The molecule has 1 amide bonds. The Bertz CT molecular complexity index is 601. The fourth-order valence-electron chi connectivity index (χ4n) is 1.82. The van der Waals surface area contributed by atoms with Crippen molar-refractivity contribution in [1.82, 2.24) is 5.32 Å². The van der Waals surface area contributed by atoms with Gasteiger partial charge in [0.1, 0.15) is 18.8 Å². The Kier molecular flexibility index (Phi) is 7.20. The number of nitrogens with zero attached hydrogens (tertiary/aromatic N) is 1. The van der Waals surface area contributed by atoms with E-state index in [1.54, 1.807) is 32.0 Å². The zero-order valence-electron chi connectivity index (χ0n) is 15.0. The lowest BCUT2D eigenvalue weighted by molar-refractivity contribution is -0.118. The van der Waals surface area contributed by atoms with Gasteiger partial charge in [-0.05, 0) is 32.9 Å². The highest BCUT2D eigenvalue weighted by molar-refractivity contribution is 5.94. The first-order valence-electron chi connectivity index (χ1n) is 8.04. The molecule has 1 unspecified atom stereocenters. The average molecular weight is 333 g/mol. The summed E-state index contributed by atoms with van der Waals surface area (Å²) >= 11 is 0. The van der Waals surface area contributed by atoms with Crippen molar-refractivity contribution in [3.8, 4) is 11.8 Å². The van der Waals surface area contributed by atoms with Crippen LogP contribution in [0.25, 0.3) is 0 Å². The molecule has 0 aliphatic carbocycles. The lowest BCUT2D eigenvalue weighted by Crippen LogP contribution is -2.42. The van der Waals surface area contributed by atoms with Crippen molar-refractivity contribution >= 4 is 11.6 Å². The first-order chi connectivity index (χ1) is 11.1. The van der Waals surface area contributed by atoms with Crippen molar-refractivity contribution in [3.63, 3.8) is 0 Å². The summed E-state index contributed by atoms with van der Waals surface area (Å²) in [6, 6.07) is 7.01. The summed E-state index contributed by atoms with van der Waals surface area (Å²) in [6.45, 7) is 9.97. The van der Waals surface area contributed by atoms with Crippen molar-refractivity contribution < 1.29 is 14.6 Å². The molecule has 0 spiro atoms. The zero-order valence-corrected chi connectivity index (χ0v) is 15.0. The van der Waals surface area contributed by atoms with Gasteiger partial charge in [0.25, 0.3) is 0 Å². The van der Waals surface area contributed by atoms with Crippen LogP contribution < -0.4 is 15.4 Å². The van der Waals surface area contributed by atoms with Gasteiger partial charge in [0.15, 0.2) is 5.75 Å². The molecule has 0 saturated heterocycles. The van der Waals surface area contributed by atoms with Crippen molar-refractivity contribution in [2.45, 2.75) is 46.3 Å². The lowest BCUT2D eigenvalue weighted by Gasteiger charge is -2.23. The number of hydrogen-bond donors (Lipinski definition) is 3. The summed E-state index contributed by atoms with van der Waals surface area (Å²) in [5, 5.41) is 25.2. The maximum atomic E-state index is 11.9. The molecule has 0 saturated carbocycles. The Balaban J connectivity index is 2.82. The smallest absolute Gasteiger partial charge is 0.227 e. The number of aliphatic hydroxyl groups is 1. The van der Waals surface area contributed by atoms with E-state index < -0.39 is 6.10 Å². The molecule has 0 heterocycles. The second kappa shape index (κ2) is 8.67. The number of ether oxygens (including phenoxy) is 1. The van der Waals surface area contributed by atoms with Gasteiger partial charge in [-0.2, -0.15) is 5.26 Å². The van der Waals surface area contributed by atoms with Gasteiger partial charge in [0.05, 0.1) is 11.3 Å². The number of nitriles is 1. The first-order valence-corrected chi connectivity index (χ1v) is 8.04. The van der Waals surface area contributed by atoms with Gasteiger partial charge in [-0.1, -0.05) is 19.9 Å². The van der Waals surface area contributed by atoms with E-state index in [2.05, 4.69) is 10.6 Å². The summed E-state index contributed by atoms with van der Waals surface area (Å²) < 4.78 is 5.64. The third-order valence-electron chi connectivity index (χ3n) is 3.21. The molecule has 0 bridgehead atoms. The van der Waals surface area contributed by atoms with E-state index in [4.69, 9.17) is 4.74 Å². The molecule has 24 heavy (non-hydrogen) atoms. The summed E-state index contributed by atoms with van der Waals surface area (Å²) in [4.78, 5) is 11.9. The molecule has 0 aromatic heterocycles. The minimum Gasteiger partial charge on any atom is -0.487 e. The number of β-amino-alcohol motifs (C(OH)–C–C–N with tert-alkyl or cyclic N) is 1. The predicted molar refractivity (Wildman–Crippen MR) is 93.9 cm³/mol. The molecule has 6 heteroatoms. The minimum absolute atomic E-state index is 0.0202. The normalized spacial score (nSPS) is 12.6. The van der Waals surface area contributed by atoms with E-state index in [1.165, 1.54) is 0 Å². The Morgan fingerprint density at radius 2 is 2.04 bits per heavy atom. The van der Waals surface area contributed by atoms with Crippen molar-refractivity contribution in [2.75, 3.05) is 18.5 Å². The molecular formula is C18H27N3O3. The van der Waals surface area contributed by atoms with Gasteiger partial charge in [-0.25, -0.2) is 0 Å².